The van der Waals surface area contributed by atoms with E-state index < -0.39 is 17.8 Å². The summed E-state index contributed by atoms with van der Waals surface area (Å²) in [6.45, 7) is 1.30. The molecule has 2 aromatic heterocycles. The van der Waals surface area contributed by atoms with Gasteiger partial charge in [-0.3, -0.25) is 14.5 Å². The third kappa shape index (κ3) is 3.51. The van der Waals surface area contributed by atoms with E-state index in [0.29, 0.717) is 36.2 Å². The number of aromatic nitrogens is 3. The Labute approximate surface area is 153 Å². The molecule has 1 fully saturated rings. The number of hydrogen-bond acceptors (Lipinski definition) is 3. The van der Waals surface area contributed by atoms with Gasteiger partial charge in [0.15, 0.2) is 0 Å². The molecule has 0 spiro atoms. The minimum absolute atomic E-state index is 0.0698. The molecule has 1 amide bonds. The van der Waals surface area contributed by atoms with Crippen LogP contribution >= 0.6 is 0 Å². The lowest BCUT2D eigenvalue weighted by Gasteiger charge is -2.09. The standard InChI is InChI=1S/C19H17F3N4O/c20-15-2-1-12(6-14(15)19(21)22)13-7-17-16(23-9-13)10-25-26(17)4-3-11-5-18(27)24-8-11/h1-2,6-7,9-11,19H,3-5,8H2,(H,24,27)/t11-/m0/s1. The summed E-state index contributed by atoms with van der Waals surface area (Å²) >= 11 is 0. The lowest BCUT2D eigenvalue weighted by molar-refractivity contribution is -0.119. The largest absolute Gasteiger partial charge is 0.356 e. The summed E-state index contributed by atoms with van der Waals surface area (Å²) in [5.41, 5.74) is 1.92. The van der Waals surface area contributed by atoms with E-state index in [9.17, 15) is 18.0 Å². The number of aryl methyl sites for hydroxylation is 1. The van der Waals surface area contributed by atoms with Crippen LogP contribution in [0.5, 0.6) is 0 Å². The van der Waals surface area contributed by atoms with Gasteiger partial charge in [0.25, 0.3) is 6.43 Å². The highest BCUT2D eigenvalue weighted by Crippen LogP contribution is 2.29. The number of nitrogens with zero attached hydrogens (tertiary/aromatic N) is 3. The van der Waals surface area contributed by atoms with Gasteiger partial charge in [-0.25, -0.2) is 13.2 Å². The number of nitrogens with one attached hydrogen (secondary N) is 1. The summed E-state index contributed by atoms with van der Waals surface area (Å²) in [6.07, 6.45) is 1.65. The highest BCUT2D eigenvalue weighted by molar-refractivity contribution is 5.80. The highest BCUT2D eigenvalue weighted by Gasteiger charge is 2.21. The molecule has 1 aliphatic rings. The van der Waals surface area contributed by atoms with Crippen LogP contribution in [0.1, 0.15) is 24.8 Å². The number of alkyl halides is 2. The Bertz CT molecular complexity index is 1000. The van der Waals surface area contributed by atoms with Crippen molar-refractivity contribution in [3.63, 3.8) is 0 Å². The molecule has 1 aromatic carbocycles. The molecule has 1 N–H and O–H groups in total. The van der Waals surface area contributed by atoms with Crippen LogP contribution in [-0.4, -0.2) is 27.2 Å². The number of carbonyl (C=O) groups excluding carboxylic acids is 1. The van der Waals surface area contributed by atoms with Crippen LogP contribution in [0.15, 0.2) is 36.7 Å². The molecule has 27 heavy (non-hydrogen) atoms. The first-order valence-electron chi connectivity index (χ1n) is 8.67. The Balaban J connectivity index is 1.62. The van der Waals surface area contributed by atoms with Crippen molar-refractivity contribution in [3.8, 4) is 11.1 Å². The number of benzene rings is 1. The van der Waals surface area contributed by atoms with Gasteiger partial charge in [0.1, 0.15) is 11.3 Å². The zero-order valence-electron chi connectivity index (χ0n) is 14.3. The lowest BCUT2D eigenvalue weighted by Crippen LogP contribution is -2.14. The first kappa shape index (κ1) is 17.5. The third-order valence-electron chi connectivity index (χ3n) is 4.87. The van der Waals surface area contributed by atoms with Gasteiger partial charge in [-0.15, -0.1) is 0 Å². The van der Waals surface area contributed by atoms with E-state index in [1.165, 1.54) is 6.07 Å². The summed E-state index contributed by atoms with van der Waals surface area (Å²) in [6, 6.07) is 5.47. The second-order valence-corrected chi connectivity index (χ2v) is 6.70. The molecule has 140 valence electrons. The average Bonchev–Trinajstić information content (AvgIpc) is 3.25. The van der Waals surface area contributed by atoms with Crippen molar-refractivity contribution in [1.29, 1.82) is 0 Å². The Morgan fingerprint density at radius 2 is 2.07 bits per heavy atom. The molecule has 3 aromatic rings. The second kappa shape index (κ2) is 7.02. The number of carbonyl (C=O) groups is 1. The average molecular weight is 374 g/mol. The Kier molecular flexibility index (Phi) is 4.55. The zero-order valence-corrected chi connectivity index (χ0v) is 14.3. The van der Waals surface area contributed by atoms with Gasteiger partial charge in [-0.1, -0.05) is 6.07 Å². The van der Waals surface area contributed by atoms with Crippen molar-refractivity contribution in [2.45, 2.75) is 25.8 Å². The number of amides is 1. The van der Waals surface area contributed by atoms with E-state index in [0.717, 1.165) is 24.1 Å². The first-order chi connectivity index (χ1) is 13.0. The number of rotatable bonds is 5. The fourth-order valence-electron chi connectivity index (χ4n) is 3.36. The number of fused-ring (bicyclic) bond motifs is 1. The summed E-state index contributed by atoms with van der Waals surface area (Å²) in [5, 5.41) is 7.15. The normalized spacial score (nSPS) is 17.0. The number of halogens is 3. The Morgan fingerprint density at radius 1 is 1.22 bits per heavy atom. The van der Waals surface area contributed by atoms with Crippen LogP contribution in [-0.2, 0) is 11.3 Å². The molecule has 3 heterocycles. The molecule has 0 bridgehead atoms. The summed E-state index contributed by atoms with van der Waals surface area (Å²) in [7, 11) is 0. The van der Waals surface area contributed by atoms with Gasteiger partial charge >= 0.3 is 0 Å². The molecule has 1 aliphatic heterocycles. The molecule has 5 nitrogen and oxygen atoms in total. The number of pyridine rings is 1. The predicted molar refractivity (Wildman–Crippen MR) is 93.6 cm³/mol. The van der Waals surface area contributed by atoms with Crippen LogP contribution < -0.4 is 5.32 Å². The molecule has 1 atom stereocenters. The Morgan fingerprint density at radius 3 is 2.81 bits per heavy atom. The van der Waals surface area contributed by atoms with Gasteiger partial charge in [-0.2, -0.15) is 5.10 Å². The summed E-state index contributed by atoms with van der Waals surface area (Å²) in [5.74, 6) is -0.577. The molecule has 1 saturated heterocycles. The van der Waals surface area contributed by atoms with E-state index in [-0.39, 0.29) is 11.8 Å². The van der Waals surface area contributed by atoms with Crippen LogP contribution in [0.2, 0.25) is 0 Å². The second-order valence-electron chi connectivity index (χ2n) is 6.70. The van der Waals surface area contributed by atoms with Gasteiger partial charge in [-0.05, 0) is 36.1 Å². The predicted octanol–water partition coefficient (Wildman–Crippen LogP) is 3.70. The third-order valence-corrected chi connectivity index (χ3v) is 4.87. The van der Waals surface area contributed by atoms with Crippen molar-refractivity contribution in [1.82, 2.24) is 20.1 Å². The molecule has 0 aliphatic carbocycles. The number of hydrogen-bond donors (Lipinski definition) is 1. The van der Waals surface area contributed by atoms with Gasteiger partial charge in [0.05, 0.1) is 17.3 Å². The minimum Gasteiger partial charge on any atom is -0.356 e. The van der Waals surface area contributed by atoms with Crippen LogP contribution in [0.3, 0.4) is 0 Å². The maximum absolute atomic E-state index is 13.5. The van der Waals surface area contributed by atoms with E-state index in [1.54, 1.807) is 17.1 Å². The lowest BCUT2D eigenvalue weighted by atomic mass is 10.0. The van der Waals surface area contributed by atoms with Gasteiger partial charge in [0.2, 0.25) is 5.91 Å². The summed E-state index contributed by atoms with van der Waals surface area (Å²) in [4.78, 5) is 15.6. The van der Waals surface area contributed by atoms with E-state index >= 15 is 0 Å². The van der Waals surface area contributed by atoms with Crippen LogP contribution in [0.25, 0.3) is 22.2 Å². The van der Waals surface area contributed by atoms with Gasteiger partial charge in [0, 0.05) is 31.3 Å². The van der Waals surface area contributed by atoms with Crippen molar-refractivity contribution in [2.75, 3.05) is 6.54 Å². The minimum atomic E-state index is -2.88. The molecule has 0 saturated carbocycles. The highest BCUT2D eigenvalue weighted by atomic mass is 19.3. The van der Waals surface area contributed by atoms with Crippen molar-refractivity contribution in [3.05, 3.63) is 48.0 Å². The fourth-order valence-corrected chi connectivity index (χ4v) is 3.36. The van der Waals surface area contributed by atoms with E-state index in [2.05, 4.69) is 15.4 Å². The smallest absolute Gasteiger partial charge is 0.266 e. The molecule has 0 unspecified atom stereocenters. The zero-order chi connectivity index (χ0) is 19.0. The first-order valence-corrected chi connectivity index (χ1v) is 8.67. The van der Waals surface area contributed by atoms with Crippen molar-refractivity contribution in [2.24, 2.45) is 5.92 Å². The maximum atomic E-state index is 13.5. The maximum Gasteiger partial charge on any atom is 0.266 e. The molecular formula is C19H17F3N4O. The van der Waals surface area contributed by atoms with Crippen molar-refractivity contribution < 1.29 is 18.0 Å². The van der Waals surface area contributed by atoms with Crippen molar-refractivity contribution >= 4 is 16.9 Å². The Hall–Kier alpha value is -2.90. The van der Waals surface area contributed by atoms with Crippen LogP contribution in [0, 0.1) is 11.7 Å². The van der Waals surface area contributed by atoms with E-state index in [4.69, 9.17) is 0 Å². The topological polar surface area (TPSA) is 59.8 Å². The molecule has 8 heteroatoms. The SMILES string of the molecule is O=C1C[C@H](CCn2ncc3ncc(-c4ccc(F)c(C(F)F)c4)cc32)CN1. The molecular weight excluding hydrogens is 357 g/mol. The van der Waals surface area contributed by atoms with E-state index in [1.807, 2.05) is 6.07 Å². The fraction of sp³-hybridized carbons (Fsp3) is 0.316. The summed E-state index contributed by atoms with van der Waals surface area (Å²) < 4.78 is 41.3. The van der Waals surface area contributed by atoms with Crippen LogP contribution in [0.4, 0.5) is 13.2 Å². The monoisotopic (exact) mass is 374 g/mol. The quantitative estimate of drug-likeness (QED) is 0.741. The van der Waals surface area contributed by atoms with Gasteiger partial charge < -0.3 is 5.32 Å². The molecule has 4 rings (SSSR count). The molecule has 0 radical (unpaired) electrons.